The molecule has 0 radical (unpaired) electrons. The van der Waals surface area contributed by atoms with Gasteiger partial charge in [-0.3, -0.25) is 0 Å². The van der Waals surface area contributed by atoms with Crippen LogP contribution in [0, 0.1) is 5.95 Å². The van der Waals surface area contributed by atoms with Crippen LogP contribution in [-0.4, -0.2) is 17.1 Å². The third-order valence-corrected chi connectivity index (χ3v) is 4.10. The van der Waals surface area contributed by atoms with Gasteiger partial charge in [-0.2, -0.15) is 4.39 Å². The van der Waals surface area contributed by atoms with Crippen molar-refractivity contribution in [3.05, 3.63) is 28.2 Å². The second-order valence-corrected chi connectivity index (χ2v) is 5.29. The first-order valence-corrected chi connectivity index (χ1v) is 6.10. The lowest BCUT2D eigenvalue weighted by Crippen LogP contribution is -2.21. The lowest BCUT2D eigenvalue weighted by atomic mass is 9.85. The van der Waals surface area contributed by atoms with Crippen LogP contribution >= 0.6 is 15.9 Å². The molecule has 1 aromatic heterocycles. The zero-order chi connectivity index (χ0) is 10.4. The van der Waals surface area contributed by atoms with Gasteiger partial charge < -0.3 is 5.32 Å². The smallest absolute Gasteiger partial charge is 0.227 e. The van der Waals surface area contributed by atoms with E-state index in [0.717, 1.165) is 5.56 Å². The van der Waals surface area contributed by atoms with Crippen molar-refractivity contribution in [3.63, 3.8) is 0 Å². The van der Waals surface area contributed by atoms with Crippen LogP contribution in [0.4, 0.5) is 4.39 Å². The highest BCUT2D eigenvalue weighted by atomic mass is 79.9. The van der Waals surface area contributed by atoms with Crippen LogP contribution in [0.5, 0.6) is 0 Å². The fourth-order valence-electron chi connectivity index (χ4n) is 2.83. The van der Waals surface area contributed by atoms with E-state index in [2.05, 4.69) is 26.2 Å². The second-order valence-electron chi connectivity index (χ2n) is 4.43. The number of nitrogens with zero attached hydrogens (tertiary/aromatic N) is 1. The third kappa shape index (κ3) is 1.60. The summed E-state index contributed by atoms with van der Waals surface area (Å²) in [5.41, 5.74) is 1.16. The molecule has 2 bridgehead atoms. The van der Waals surface area contributed by atoms with Crippen LogP contribution in [0.25, 0.3) is 0 Å². The van der Waals surface area contributed by atoms with Crippen molar-refractivity contribution in [2.24, 2.45) is 0 Å². The molecule has 2 saturated heterocycles. The maximum Gasteiger partial charge on any atom is 0.227 e. The minimum atomic E-state index is -0.421. The Labute approximate surface area is 96.4 Å². The van der Waals surface area contributed by atoms with Gasteiger partial charge in [-0.05, 0) is 46.8 Å². The average molecular weight is 271 g/mol. The van der Waals surface area contributed by atoms with Crippen molar-refractivity contribution < 1.29 is 4.39 Å². The van der Waals surface area contributed by atoms with Crippen LogP contribution in [0.1, 0.15) is 30.7 Å². The van der Waals surface area contributed by atoms with Crippen LogP contribution in [0.15, 0.2) is 16.7 Å². The standard InChI is InChI=1S/C11H12BrFN2/c12-9-3-6(5-14-11(9)13)8-4-7-1-2-10(8)15-7/h3,5,7-8,10,15H,1-2,4H2/t7?,8-,10?/m1/s1. The van der Waals surface area contributed by atoms with E-state index in [9.17, 15) is 4.39 Å². The number of aromatic nitrogens is 1. The van der Waals surface area contributed by atoms with Gasteiger partial charge in [-0.1, -0.05) is 0 Å². The highest BCUT2D eigenvalue weighted by molar-refractivity contribution is 9.10. The molecular weight excluding hydrogens is 259 g/mol. The SMILES string of the molecule is Fc1ncc([C@H]2CC3CCC2N3)cc1Br. The van der Waals surface area contributed by atoms with Crippen molar-refractivity contribution in [2.75, 3.05) is 0 Å². The summed E-state index contributed by atoms with van der Waals surface area (Å²) in [4.78, 5) is 3.77. The van der Waals surface area contributed by atoms with E-state index in [1.807, 2.05) is 6.07 Å². The Morgan fingerprint density at radius 2 is 2.33 bits per heavy atom. The molecule has 3 atom stereocenters. The lowest BCUT2D eigenvalue weighted by Gasteiger charge is -2.20. The maximum absolute atomic E-state index is 13.0. The second kappa shape index (κ2) is 3.52. The van der Waals surface area contributed by atoms with Gasteiger partial charge in [0.2, 0.25) is 5.95 Å². The first kappa shape index (κ1) is 9.73. The number of halogens is 2. The Bertz CT molecular complexity index is 396. The number of pyridine rings is 1. The molecule has 0 aliphatic carbocycles. The summed E-state index contributed by atoms with van der Waals surface area (Å²) in [6.45, 7) is 0. The topological polar surface area (TPSA) is 24.9 Å². The van der Waals surface area contributed by atoms with E-state index < -0.39 is 5.95 Å². The predicted octanol–water partition coefficient (Wildman–Crippen LogP) is 2.59. The highest BCUT2D eigenvalue weighted by Crippen LogP contribution is 2.40. The fourth-order valence-corrected chi connectivity index (χ4v) is 3.20. The summed E-state index contributed by atoms with van der Waals surface area (Å²) in [6, 6.07) is 3.12. The Kier molecular flexibility index (Phi) is 2.29. The third-order valence-electron chi connectivity index (χ3n) is 3.55. The number of hydrogen-bond acceptors (Lipinski definition) is 2. The molecule has 2 nitrogen and oxygen atoms in total. The summed E-state index contributed by atoms with van der Waals surface area (Å²) in [6.07, 6.45) is 5.37. The Morgan fingerprint density at radius 3 is 2.93 bits per heavy atom. The van der Waals surface area contributed by atoms with Crippen LogP contribution < -0.4 is 5.32 Å². The first-order chi connectivity index (χ1) is 7.24. The maximum atomic E-state index is 13.0. The molecule has 2 fully saturated rings. The zero-order valence-electron chi connectivity index (χ0n) is 8.21. The molecule has 0 spiro atoms. The molecule has 3 rings (SSSR count). The quantitative estimate of drug-likeness (QED) is 0.794. The Balaban J connectivity index is 1.90. The van der Waals surface area contributed by atoms with Crippen LogP contribution in [0.3, 0.4) is 0 Å². The number of nitrogens with one attached hydrogen (secondary N) is 1. The van der Waals surface area contributed by atoms with Gasteiger partial charge in [0.25, 0.3) is 0 Å². The summed E-state index contributed by atoms with van der Waals surface area (Å²) < 4.78 is 13.5. The molecule has 80 valence electrons. The minimum Gasteiger partial charge on any atom is -0.311 e. The normalized spacial score (nSPS) is 33.6. The number of fused-ring (bicyclic) bond motifs is 2. The molecule has 1 N–H and O–H groups in total. The van der Waals surface area contributed by atoms with Crippen LogP contribution in [-0.2, 0) is 0 Å². The molecule has 4 heteroatoms. The Morgan fingerprint density at radius 1 is 1.47 bits per heavy atom. The molecule has 3 heterocycles. The van der Waals surface area contributed by atoms with Gasteiger partial charge in [-0.25, -0.2) is 4.98 Å². The van der Waals surface area contributed by atoms with Gasteiger partial charge in [-0.15, -0.1) is 0 Å². The number of rotatable bonds is 1. The number of hydrogen-bond donors (Lipinski definition) is 1. The first-order valence-electron chi connectivity index (χ1n) is 5.31. The van der Waals surface area contributed by atoms with Gasteiger partial charge in [0.05, 0.1) is 4.47 Å². The molecule has 0 amide bonds. The molecule has 1 aromatic rings. The molecule has 15 heavy (non-hydrogen) atoms. The van der Waals surface area contributed by atoms with Gasteiger partial charge in [0.15, 0.2) is 0 Å². The average Bonchev–Trinajstić information content (AvgIpc) is 2.83. The van der Waals surface area contributed by atoms with Gasteiger partial charge >= 0.3 is 0 Å². The van der Waals surface area contributed by atoms with E-state index in [1.54, 1.807) is 6.20 Å². The molecule has 0 saturated carbocycles. The monoisotopic (exact) mass is 270 g/mol. The predicted molar refractivity (Wildman–Crippen MR) is 59.2 cm³/mol. The highest BCUT2D eigenvalue weighted by Gasteiger charge is 2.39. The Hall–Kier alpha value is -0.480. The van der Waals surface area contributed by atoms with E-state index in [4.69, 9.17) is 0 Å². The van der Waals surface area contributed by atoms with E-state index in [1.165, 1.54) is 19.3 Å². The van der Waals surface area contributed by atoms with Crippen molar-refractivity contribution in [3.8, 4) is 0 Å². The zero-order valence-corrected chi connectivity index (χ0v) is 9.80. The van der Waals surface area contributed by atoms with E-state index >= 15 is 0 Å². The van der Waals surface area contributed by atoms with E-state index in [-0.39, 0.29) is 0 Å². The van der Waals surface area contributed by atoms with E-state index in [0.29, 0.717) is 22.5 Å². The molecule has 2 aliphatic rings. The van der Waals surface area contributed by atoms with Gasteiger partial charge in [0.1, 0.15) is 0 Å². The summed E-state index contributed by atoms with van der Waals surface area (Å²) in [5, 5.41) is 3.57. The van der Waals surface area contributed by atoms with Crippen molar-refractivity contribution in [1.29, 1.82) is 0 Å². The molecule has 2 aliphatic heterocycles. The van der Waals surface area contributed by atoms with Crippen LogP contribution in [0.2, 0.25) is 0 Å². The van der Waals surface area contributed by atoms with Crippen molar-refractivity contribution in [2.45, 2.75) is 37.3 Å². The fraction of sp³-hybridized carbons (Fsp3) is 0.545. The van der Waals surface area contributed by atoms with Crippen molar-refractivity contribution in [1.82, 2.24) is 10.3 Å². The molecule has 0 aromatic carbocycles. The molecule has 2 unspecified atom stereocenters. The largest absolute Gasteiger partial charge is 0.311 e. The summed E-state index contributed by atoms with van der Waals surface area (Å²) >= 11 is 3.19. The summed E-state index contributed by atoms with van der Waals surface area (Å²) in [5.74, 6) is 0.100. The van der Waals surface area contributed by atoms with Gasteiger partial charge in [0, 0.05) is 24.2 Å². The molecular formula is C11H12BrFN2. The minimum absolute atomic E-state index is 0.421. The summed E-state index contributed by atoms with van der Waals surface area (Å²) in [7, 11) is 0. The lowest BCUT2D eigenvalue weighted by molar-refractivity contribution is 0.501. The van der Waals surface area contributed by atoms with Crippen molar-refractivity contribution >= 4 is 15.9 Å².